The molecule has 7 nitrogen and oxygen atoms in total. The predicted molar refractivity (Wildman–Crippen MR) is 81.5 cm³/mol. The lowest BCUT2D eigenvalue weighted by Gasteiger charge is -2.05. The van der Waals surface area contributed by atoms with E-state index in [1.54, 1.807) is 6.07 Å². The summed E-state index contributed by atoms with van der Waals surface area (Å²) in [5.74, 6) is -0.474. The molecule has 3 N–H and O–H groups in total. The second kappa shape index (κ2) is 8.17. The van der Waals surface area contributed by atoms with Crippen molar-refractivity contribution in [3.63, 3.8) is 0 Å². The molecule has 0 aliphatic rings. The molecule has 1 aromatic rings. The highest BCUT2D eigenvalue weighted by Gasteiger charge is 2.09. The number of hydrogen-bond acceptors (Lipinski definition) is 5. The van der Waals surface area contributed by atoms with E-state index >= 15 is 0 Å². The molecule has 0 aliphatic carbocycles. The minimum atomic E-state index is -4.24. The van der Waals surface area contributed by atoms with Crippen LogP contribution in [0.1, 0.15) is 19.8 Å². The van der Waals surface area contributed by atoms with E-state index in [2.05, 4.69) is 10.6 Å². The molecular formula is C14H17N3O4S. The molecule has 0 saturated carbocycles. The van der Waals surface area contributed by atoms with E-state index in [-0.39, 0.29) is 10.5 Å². The highest BCUT2D eigenvalue weighted by Crippen LogP contribution is 2.14. The van der Waals surface area contributed by atoms with Crippen LogP contribution in [-0.2, 0) is 14.9 Å². The Labute approximate surface area is 129 Å². The van der Waals surface area contributed by atoms with E-state index in [0.717, 1.165) is 12.8 Å². The summed E-state index contributed by atoms with van der Waals surface area (Å²) >= 11 is 0. The van der Waals surface area contributed by atoms with Gasteiger partial charge in [-0.1, -0.05) is 13.3 Å². The standard InChI is InChI=1S/C14H17N3O4S/c1-2-3-8-16-14(18)11(9-15)10-17-12-4-6-13(7-5-12)22(19,20)21/h4-7,10,17H,2-3,8H2,1H3,(H,16,18)(H,19,20,21)/b11-10-. The molecule has 0 saturated heterocycles. The number of hydrogen-bond donors (Lipinski definition) is 3. The smallest absolute Gasteiger partial charge is 0.294 e. The molecule has 118 valence electrons. The number of benzene rings is 1. The first-order valence-electron chi connectivity index (χ1n) is 6.61. The Morgan fingerprint density at radius 1 is 1.36 bits per heavy atom. The van der Waals surface area contributed by atoms with Gasteiger partial charge in [0.2, 0.25) is 0 Å². The second-order valence-electron chi connectivity index (χ2n) is 4.42. The van der Waals surface area contributed by atoms with Crippen molar-refractivity contribution in [2.24, 2.45) is 0 Å². The summed E-state index contributed by atoms with van der Waals surface area (Å²) in [5, 5.41) is 14.3. The van der Waals surface area contributed by atoms with Crippen molar-refractivity contribution in [1.29, 1.82) is 5.26 Å². The fourth-order valence-corrected chi connectivity index (χ4v) is 1.98. The molecule has 0 aliphatic heterocycles. The van der Waals surface area contributed by atoms with Gasteiger partial charge >= 0.3 is 0 Å². The van der Waals surface area contributed by atoms with Gasteiger partial charge in [-0.15, -0.1) is 0 Å². The first kappa shape index (κ1) is 17.7. The molecule has 22 heavy (non-hydrogen) atoms. The van der Waals surface area contributed by atoms with Gasteiger partial charge in [0.25, 0.3) is 16.0 Å². The van der Waals surface area contributed by atoms with E-state index in [0.29, 0.717) is 12.2 Å². The number of nitrogens with one attached hydrogen (secondary N) is 2. The SMILES string of the molecule is CCCCNC(=O)/C(C#N)=C\Nc1ccc(S(=O)(=O)O)cc1. The number of unbranched alkanes of at least 4 members (excludes halogenated alkanes) is 1. The first-order valence-corrected chi connectivity index (χ1v) is 8.05. The number of anilines is 1. The van der Waals surface area contributed by atoms with Crippen LogP contribution in [0.2, 0.25) is 0 Å². The molecule has 1 aromatic carbocycles. The van der Waals surface area contributed by atoms with Crippen molar-refractivity contribution in [2.45, 2.75) is 24.7 Å². The third kappa shape index (κ3) is 5.55. The van der Waals surface area contributed by atoms with Crippen LogP contribution >= 0.6 is 0 Å². The summed E-state index contributed by atoms with van der Waals surface area (Å²) in [7, 11) is -4.24. The zero-order chi connectivity index (χ0) is 16.6. The zero-order valence-corrected chi connectivity index (χ0v) is 12.9. The average Bonchev–Trinajstić information content (AvgIpc) is 2.47. The van der Waals surface area contributed by atoms with Crippen LogP contribution in [0.25, 0.3) is 0 Å². The molecule has 1 amide bonds. The van der Waals surface area contributed by atoms with Gasteiger partial charge in [0, 0.05) is 18.4 Å². The highest BCUT2D eigenvalue weighted by atomic mass is 32.2. The fourth-order valence-electron chi connectivity index (χ4n) is 1.50. The largest absolute Gasteiger partial charge is 0.360 e. The number of carbonyl (C=O) groups is 1. The lowest BCUT2D eigenvalue weighted by Crippen LogP contribution is -2.25. The van der Waals surface area contributed by atoms with Crippen LogP contribution < -0.4 is 10.6 Å². The van der Waals surface area contributed by atoms with E-state index < -0.39 is 16.0 Å². The highest BCUT2D eigenvalue weighted by molar-refractivity contribution is 7.85. The van der Waals surface area contributed by atoms with Crippen LogP contribution in [0.3, 0.4) is 0 Å². The number of amides is 1. The summed E-state index contributed by atoms with van der Waals surface area (Å²) in [6.07, 6.45) is 3.00. The van der Waals surface area contributed by atoms with Crippen LogP contribution in [0.5, 0.6) is 0 Å². The van der Waals surface area contributed by atoms with Crippen LogP contribution in [0.15, 0.2) is 40.9 Å². The van der Waals surface area contributed by atoms with Crippen molar-refractivity contribution in [3.8, 4) is 6.07 Å². The number of carbonyl (C=O) groups excluding carboxylic acids is 1. The Hall–Kier alpha value is -2.37. The van der Waals surface area contributed by atoms with Gasteiger partial charge < -0.3 is 10.6 Å². The summed E-state index contributed by atoms with van der Waals surface area (Å²) in [5.41, 5.74) is 0.386. The molecule has 0 radical (unpaired) electrons. The van der Waals surface area contributed by atoms with Gasteiger partial charge in [-0.25, -0.2) is 0 Å². The zero-order valence-electron chi connectivity index (χ0n) is 12.0. The molecule has 0 fully saturated rings. The second-order valence-corrected chi connectivity index (χ2v) is 5.84. The topological polar surface area (TPSA) is 119 Å². The van der Waals surface area contributed by atoms with Crippen LogP contribution in [-0.4, -0.2) is 25.4 Å². The molecule has 0 unspecified atom stereocenters. The van der Waals surface area contributed by atoms with E-state index in [1.165, 1.54) is 30.5 Å². The van der Waals surface area contributed by atoms with Crippen molar-refractivity contribution >= 4 is 21.7 Å². The molecule has 0 spiro atoms. The molecule has 0 bridgehead atoms. The third-order valence-corrected chi connectivity index (χ3v) is 3.58. The predicted octanol–water partition coefficient (Wildman–Crippen LogP) is 1.67. The van der Waals surface area contributed by atoms with Crippen LogP contribution in [0.4, 0.5) is 5.69 Å². The van der Waals surface area contributed by atoms with Crippen molar-refractivity contribution in [2.75, 3.05) is 11.9 Å². The Kier molecular flexibility index (Phi) is 6.56. The van der Waals surface area contributed by atoms with Crippen molar-refractivity contribution in [1.82, 2.24) is 5.32 Å². The minimum absolute atomic E-state index is 0.0880. The molecule has 1 rings (SSSR count). The van der Waals surface area contributed by atoms with E-state index in [9.17, 15) is 13.2 Å². The summed E-state index contributed by atoms with van der Waals surface area (Å²) in [4.78, 5) is 11.5. The lowest BCUT2D eigenvalue weighted by molar-refractivity contribution is -0.117. The van der Waals surface area contributed by atoms with Gasteiger partial charge in [-0.3, -0.25) is 9.35 Å². The van der Waals surface area contributed by atoms with Gasteiger partial charge in [-0.2, -0.15) is 13.7 Å². The maximum absolute atomic E-state index is 11.7. The Bertz CT molecular complexity index is 688. The molecule has 0 aromatic heterocycles. The summed E-state index contributed by atoms with van der Waals surface area (Å²) in [6, 6.07) is 7.01. The van der Waals surface area contributed by atoms with E-state index in [4.69, 9.17) is 9.81 Å². The maximum atomic E-state index is 11.7. The van der Waals surface area contributed by atoms with Gasteiger partial charge in [0.1, 0.15) is 11.6 Å². The first-order chi connectivity index (χ1) is 10.4. The maximum Gasteiger partial charge on any atom is 0.294 e. The molecule has 8 heteroatoms. The lowest BCUT2D eigenvalue weighted by atomic mass is 10.2. The normalized spacial score (nSPS) is 11.6. The fraction of sp³-hybridized carbons (Fsp3) is 0.286. The average molecular weight is 323 g/mol. The van der Waals surface area contributed by atoms with Gasteiger partial charge in [0.15, 0.2) is 0 Å². The number of nitriles is 1. The Balaban J connectivity index is 2.72. The monoisotopic (exact) mass is 323 g/mol. The Morgan fingerprint density at radius 2 is 2.00 bits per heavy atom. The number of nitrogens with zero attached hydrogens (tertiary/aromatic N) is 1. The van der Waals surface area contributed by atoms with Gasteiger partial charge in [0.05, 0.1) is 4.90 Å². The van der Waals surface area contributed by atoms with Crippen molar-refractivity contribution in [3.05, 3.63) is 36.0 Å². The minimum Gasteiger partial charge on any atom is -0.360 e. The molecule has 0 atom stereocenters. The Morgan fingerprint density at radius 3 is 2.50 bits per heavy atom. The van der Waals surface area contributed by atoms with Crippen molar-refractivity contribution < 1.29 is 17.8 Å². The third-order valence-electron chi connectivity index (χ3n) is 2.72. The quantitative estimate of drug-likeness (QED) is 0.304. The van der Waals surface area contributed by atoms with Gasteiger partial charge in [-0.05, 0) is 30.7 Å². The number of rotatable bonds is 7. The summed E-state index contributed by atoms with van der Waals surface area (Å²) in [6.45, 7) is 2.49. The molecular weight excluding hydrogens is 306 g/mol. The summed E-state index contributed by atoms with van der Waals surface area (Å²) < 4.78 is 30.7. The molecule has 0 heterocycles. The van der Waals surface area contributed by atoms with E-state index in [1.807, 2.05) is 6.92 Å². The van der Waals surface area contributed by atoms with Crippen LogP contribution in [0, 0.1) is 11.3 Å².